The highest BCUT2D eigenvalue weighted by Crippen LogP contribution is 2.41. The summed E-state index contributed by atoms with van der Waals surface area (Å²) in [6.07, 6.45) is 10.9. The van der Waals surface area contributed by atoms with Gasteiger partial charge in [-0.1, -0.05) is 60.4 Å². The number of hydrogen-bond acceptors (Lipinski definition) is 0. The summed E-state index contributed by atoms with van der Waals surface area (Å²) in [5.74, 6) is 13.2. The van der Waals surface area contributed by atoms with Crippen molar-refractivity contribution in [3.63, 3.8) is 0 Å². The van der Waals surface area contributed by atoms with Crippen molar-refractivity contribution in [3.05, 3.63) is 69.8 Å². The van der Waals surface area contributed by atoms with Crippen LogP contribution in [0.4, 0.5) is 0 Å². The maximum Gasteiger partial charge on any atom is 0.0406 e. The Morgan fingerprint density at radius 2 is 1.12 bits per heavy atom. The molecule has 0 N–H and O–H groups in total. The van der Waals surface area contributed by atoms with Crippen molar-refractivity contribution >= 4 is 33.7 Å². The molecule has 26 heavy (non-hydrogen) atoms. The van der Waals surface area contributed by atoms with Crippen LogP contribution in [-0.4, -0.2) is 0 Å². The Hall–Kier alpha value is -3.22. The molecule has 0 atom stereocenters. The minimum atomic E-state index is 0.974. The van der Waals surface area contributed by atoms with E-state index in [0.29, 0.717) is 0 Å². The van der Waals surface area contributed by atoms with E-state index in [1.165, 1.54) is 43.8 Å². The molecule has 2 aliphatic rings. The van der Waals surface area contributed by atoms with Crippen LogP contribution in [0.2, 0.25) is 0 Å². The van der Waals surface area contributed by atoms with E-state index in [1.54, 1.807) is 0 Å². The van der Waals surface area contributed by atoms with Gasteiger partial charge in [0.2, 0.25) is 0 Å². The molecule has 3 aromatic carbocycles. The molecule has 0 heterocycles. The van der Waals surface area contributed by atoms with Gasteiger partial charge in [-0.15, -0.1) is 11.8 Å². The molecule has 0 aliphatic heterocycles. The molecule has 2 aliphatic carbocycles. The average molecular weight is 330 g/mol. The van der Waals surface area contributed by atoms with E-state index in [9.17, 15) is 0 Å². The van der Waals surface area contributed by atoms with Gasteiger partial charge in [0, 0.05) is 21.9 Å². The third-order valence-electron chi connectivity index (χ3n) is 5.48. The second-order valence-corrected chi connectivity index (χ2v) is 6.82. The van der Waals surface area contributed by atoms with Crippen molar-refractivity contribution in [2.24, 2.45) is 0 Å². The Balaban J connectivity index is 2.10. The van der Waals surface area contributed by atoms with Crippen LogP contribution >= 0.6 is 0 Å². The Morgan fingerprint density at radius 1 is 0.654 bits per heavy atom. The smallest absolute Gasteiger partial charge is 0.0406 e. The highest BCUT2D eigenvalue weighted by atomic mass is 14.2. The Morgan fingerprint density at radius 3 is 1.54 bits per heavy atom. The van der Waals surface area contributed by atoms with Crippen LogP contribution in [0.1, 0.15) is 47.2 Å². The predicted molar refractivity (Wildman–Crippen MR) is 112 cm³/mol. The van der Waals surface area contributed by atoms with Crippen LogP contribution in [0.15, 0.2) is 36.4 Å². The molecule has 122 valence electrons. The predicted octanol–water partition coefficient (Wildman–Crippen LogP) is 5.87. The van der Waals surface area contributed by atoms with E-state index in [-0.39, 0.29) is 0 Å². The third-order valence-corrected chi connectivity index (χ3v) is 5.48. The highest BCUT2D eigenvalue weighted by molar-refractivity contribution is 6.13. The Kier molecular flexibility index (Phi) is 3.28. The first-order valence-electron chi connectivity index (χ1n) is 9.09. The third kappa shape index (κ3) is 1.94. The van der Waals surface area contributed by atoms with Crippen molar-refractivity contribution in [2.75, 3.05) is 0 Å². The fourth-order valence-corrected chi connectivity index (χ4v) is 4.45. The van der Waals surface area contributed by atoms with E-state index in [4.69, 9.17) is 0 Å². The standard InChI is InChI=1S/C26H18/c1-3-7-21-23-15-13-18-10-6-12-20(18)26(23)22(8-4-2)24-16-14-17-9-5-11-19(17)25(21)24/h5-6,9-10,13-16H,11-12H2,1-2H3. The van der Waals surface area contributed by atoms with Crippen LogP contribution in [0.25, 0.3) is 33.7 Å². The second-order valence-electron chi connectivity index (χ2n) is 6.82. The summed E-state index contributed by atoms with van der Waals surface area (Å²) in [6.45, 7) is 3.85. The van der Waals surface area contributed by atoms with Crippen LogP contribution in [0.5, 0.6) is 0 Å². The molecule has 0 nitrogen and oxygen atoms in total. The van der Waals surface area contributed by atoms with E-state index in [2.05, 4.69) is 72.3 Å². The molecule has 0 saturated heterocycles. The molecule has 0 spiro atoms. The normalized spacial score (nSPS) is 13.3. The molecule has 0 radical (unpaired) electrons. The first kappa shape index (κ1) is 15.1. The summed E-state index contributed by atoms with van der Waals surface area (Å²) in [4.78, 5) is 0. The van der Waals surface area contributed by atoms with Gasteiger partial charge in [0.05, 0.1) is 0 Å². The molecule has 3 aromatic rings. The van der Waals surface area contributed by atoms with Crippen molar-refractivity contribution in [1.82, 2.24) is 0 Å². The molecule has 5 rings (SSSR count). The largest absolute Gasteiger partial charge is 0.101 e. The number of rotatable bonds is 0. The fourth-order valence-electron chi connectivity index (χ4n) is 4.45. The number of allylic oxidation sites excluding steroid dienone is 2. The zero-order chi connectivity index (χ0) is 17.7. The molecule has 0 aromatic heterocycles. The van der Waals surface area contributed by atoms with Gasteiger partial charge in [0.1, 0.15) is 0 Å². The van der Waals surface area contributed by atoms with Crippen LogP contribution < -0.4 is 0 Å². The summed E-state index contributed by atoms with van der Waals surface area (Å²) >= 11 is 0. The first-order chi connectivity index (χ1) is 12.8. The molecule has 0 unspecified atom stereocenters. The van der Waals surface area contributed by atoms with E-state index in [0.717, 1.165) is 24.0 Å². The lowest BCUT2D eigenvalue weighted by atomic mass is 9.85. The topological polar surface area (TPSA) is 0 Å². The van der Waals surface area contributed by atoms with E-state index in [1.807, 2.05) is 13.8 Å². The van der Waals surface area contributed by atoms with Gasteiger partial charge >= 0.3 is 0 Å². The number of benzene rings is 3. The van der Waals surface area contributed by atoms with E-state index < -0.39 is 0 Å². The van der Waals surface area contributed by atoms with Gasteiger partial charge in [-0.2, -0.15) is 0 Å². The summed E-state index contributed by atoms with van der Waals surface area (Å²) in [7, 11) is 0. The molecular weight excluding hydrogens is 312 g/mol. The first-order valence-corrected chi connectivity index (χ1v) is 9.09. The van der Waals surface area contributed by atoms with E-state index >= 15 is 0 Å². The molecule has 0 fully saturated rings. The quantitative estimate of drug-likeness (QED) is 0.357. The van der Waals surface area contributed by atoms with Crippen LogP contribution in [0.3, 0.4) is 0 Å². The maximum absolute atomic E-state index is 3.44. The van der Waals surface area contributed by atoms with Crippen LogP contribution in [0, 0.1) is 23.7 Å². The van der Waals surface area contributed by atoms with Crippen molar-refractivity contribution in [1.29, 1.82) is 0 Å². The maximum atomic E-state index is 3.44. The lowest BCUT2D eigenvalue weighted by Crippen LogP contribution is -1.98. The summed E-state index contributed by atoms with van der Waals surface area (Å²) < 4.78 is 0. The van der Waals surface area contributed by atoms with Gasteiger partial charge in [0.25, 0.3) is 0 Å². The molecule has 0 heteroatoms. The monoisotopic (exact) mass is 330 g/mol. The van der Waals surface area contributed by atoms with Gasteiger partial charge < -0.3 is 0 Å². The Bertz CT molecular complexity index is 1190. The van der Waals surface area contributed by atoms with Gasteiger partial charge in [-0.25, -0.2) is 0 Å². The number of fused-ring (bicyclic) bond motifs is 6. The molecule has 0 bridgehead atoms. The van der Waals surface area contributed by atoms with Crippen LogP contribution in [-0.2, 0) is 12.8 Å². The minimum absolute atomic E-state index is 0.974. The summed E-state index contributed by atoms with van der Waals surface area (Å²) in [5, 5.41) is 5.07. The molecular formula is C26H18. The Labute approximate surface area is 154 Å². The van der Waals surface area contributed by atoms with Crippen molar-refractivity contribution in [3.8, 4) is 23.7 Å². The van der Waals surface area contributed by atoms with Gasteiger partial charge in [0.15, 0.2) is 0 Å². The summed E-state index contributed by atoms with van der Waals surface area (Å²) in [6, 6.07) is 8.95. The van der Waals surface area contributed by atoms with Crippen molar-refractivity contribution in [2.45, 2.75) is 26.7 Å². The zero-order valence-electron chi connectivity index (χ0n) is 15.0. The SMILES string of the molecule is CC#Cc1c2ccc3c(c2c(C#CC)c2ccc4c(c12)CC=C4)CC=C3. The second kappa shape index (κ2) is 5.66. The van der Waals surface area contributed by atoms with Gasteiger partial charge in [-0.05, 0) is 59.7 Å². The summed E-state index contributed by atoms with van der Waals surface area (Å²) in [5.41, 5.74) is 7.73. The number of hydrogen-bond donors (Lipinski definition) is 0. The van der Waals surface area contributed by atoms with Gasteiger partial charge in [-0.3, -0.25) is 0 Å². The lowest BCUT2D eigenvalue weighted by Gasteiger charge is -2.17. The molecule has 0 saturated carbocycles. The zero-order valence-corrected chi connectivity index (χ0v) is 15.0. The lowest BCUT2D eigenvalue weighted by molar-refractivity contribution is 1.33. The molecule has 0 amide bonds. The van der Waals surface area contributed by atoms with Crippen molar-refractivity contribution < 1.29 is 0 Å². The minimum Gasteiger partial charge on any atom is -0.101 e. The highest BCUT2D eigenvalue weighted by Gasteiger charge is 2.21. The average Bonchev–Trinajstić information content (AvgIpc) is 3.32. The fraction of sp³-hybridized carbons (Fsp3) is 0.154.